The summed E-state index contributed by atoms with van der Waals surface area (Å²) in [6.45, 7) is 12.3. The van der Waals surface area contributed by atoms with Gasteiger partial charge in [0.25, 0.3) is 0 Å². The lowest BCUT2D eigenvalue weighted by Gasteiger charge is -2.27. The van der Waals surface area contributed by atoms with Gasteiger partial charge in [-0.05, 0) is 62.2 Å². The summed E-state index contributed by atoms with van der Waals surface area (Å²) in [5, 5.41) is 16.2. The van der Waals surface area contributed by atoms with Crippen LogP contribution in [0.1, 0.15) is 54.5 Å². The van der Waals surface area contributed by atoms with E-state index in [0.29, 0.717) is 47.1 Å². The monoisotopic (exact) mass is 566 g/mol. The number of rotatable bonds is 10. The molecule has 0 saturated heterocycles. The predicted octanol–water partition coefficient (Wildman–Crippen LogP) is 6.91. The van der Waals surface area contributed by atoms with E-state index in [1.54, 1.807) is 29.2 Å². The smallest absolute Gasteiger partial charge is 0.318 e. The number of carbonyl (C=O) groups excluding carboxylic acids is 1. The third-order valence-electron chi connectivity index (χ3n) is 7.28. The first-order chi connectivity index (χ1) is 20.3. The largest absolute Gasteiger partial charge is 0.457 e. The van der Waals surface area contributed by atoms with Crippen LogP contribution in [-0.2, 0) is 13.1 Å². The maximum absolute atomic E-state index is 14.3. The van der Waals surface area contributed by atoms with Gasteiger partial charge in [-0.3, -0.25) is 0 Å². The average molecular weight is 567 g/mol. The van der Waals surface area contributed by atoms with Crippen molar-refractivity contribution in [1.82, 2.24) is 20.5 Å². The van der Waals surface area contributed by atoms with Gasteiger partial charge in [-0.2, -0.15) is 0 Å². The Hall–Kier alpha value is -4.69. The van der Waals surface area contributed by atoms with Crippen LogP contribution in [0.25, 0.3) is 34.4 Å². The number of fused-ring (bicyclic) bond motifs is 1. The zero-order valence-corrected chi connectivity index (χ0v) is 23.9. The number of hydrogen-bond donors (Lipinski definition) is 3. The number of hydrogen-bond acceptors (Lipinski definition) is 5. The molecule has 216 valence electrons. The summed E-state index contributed by atoms with van der Waals surface area (Å²) in [6, 6.07) is 19.5. The molecule has 0 bridgehead atoms. The molecule has 2 amide bonds. The average Bonchev–Trinajstić information content (AvgIpc) is 3.61. The first kappa shape index (κ1) is 28.8. The van der Waals surface area contributed by atoms with Gasteiger partial charge in [-0.15, -0.1) is 0 Å². The Morgan fingerprint density at radius 1 is 1.17 bits per heavy atom. The summed E-state index contributed by atoms with van der Waals surface area (Å²) in [6.07, 6.45) is 2.01. The van der Waals surface area contributed by atoms with Gasteiger partial charge < -0.3 is 25.1 Å². The zero-order chi connectivity index (χ0) is 29.8. The van der Waals surface area contributed by atoms with E-state index in [1.165, 1.54) is 6.07 Å². The molecule has 5 rings (SSSR count). The Morgan fingerprint density at radius 3 is 2.67 bits per heavy atom. The maximum atomic E-state index is 14.3. The molecule has 4 aromatic rings. The number of benzene rings is 2. The van der Waals surface area contributed by atoms with Gasteiger partial charge >= 0.3 is 6.03 Å². The number of halogens is 1. The van der Waals surface area contributed by atoms with E-state index < -0.39 is 0 Å². The number of nitrogens with zero attached hydrogens (tertiary/aromatic N) is 2. The number of urea groups is 1. The molecule has 7 nitrogen and oxygen atoms in total. The standard InChI is InChI=1S/C34H35FN4O3/c1-5-27-13-14-31(42-27)23-10-8-11-24(17-23)33-32-26(20-39(30(32)15-16-40)34(41)37-21(2)3)18-29(38-33)22(4)36-19-25-9-6-7-12-28(25)35/h5-14,17-18,21,30,36,40H,1,4,15-16,19-20H2,2-3H3,(H,37,41)/t30-/m1/s1. The van der Waals surface area contributed by atoms with Crippen molar-refractivity contribution in [2.24, 2.45) is 0 Å². The first-order valence-corrected chi connectivity index (χ1v) is 14.0. The number of carbonyl (C=O) groups is 1. The van der Waals surface area contributed by atoms with Gasteiger partial charge in [0.15, 0.2) is 0 Å². The minimum atomic E-state index is -0.375. The molecule has 3 N–H and O–H groups in total. The van der Waals surface area contributed by atoms with Gasteiger partial charge in [0.05, 0.1) is 23.1 Å². The van der Waals surface area contributed by atoms with Crippen LogP contribution in [0.15, 0.2) is 84.3 Å². The van der Waals surface area contributed by atoms with E-state index in [4.69, 9.17) is 9.40 Å². The first-order valence-electron chi connectivity index (χ1n) is 14.0. The number of furan rings is 1. The van der Waals surface area contributed by atoms with Crippen LogP contribution in [0.3, 0.4) is 0 Å². The van der Waals surface area contributed by atoms with Gasteiger partial charge in [0, 0.05) is 48.0 Å². The van der Waals surface area contributed by atoms with Crippen molar-refractivity contribution in [3.8, 4) is 22.6 Å². The molecule has 2 aromatic heterocycles. The molecule has 42 heavy (non-hydrogen) atoms. The molecule has 2 aromatic carbocycles. The SMILES string of the molecule is C=Cc1ccc(-c2cccc(-c3nc(C(=C)NCc4ccccc4F)cc4c3[C@@H](CCO)N(C(=O)NC(C)C)C4)c2)o1. The Bertz CT molecular complexity index is 1630. The molecule has 1 aliphatic rings. The van der Waals surface area contributed by atoms with Crippen molar-refractivity contribution < 1.29 is 18.7 Å². The molecule has 0 fully saturated rings. The lowest BCUT2D eigenvalue weighted by Crippen LogP contribution is -2.42. The zero-order valence-electron chi connectivity index (χ0n) is 23.9. The highest BCUT2D eigenvalue weighted by Crippen LogP contribution is 2.43. The number of aromatic nitrogens is 1. The molecule has 0 saturated carbocycles. The Balaban J connectivity index is 1.58. The second kappa shape index (κ2) is 12.4. The lowest BCUT2D eigenvalue weighted by molar-refractivity contribution is 0.162. The van der Waals surface area contributed by atoms with Crippen LogP contribution >= 0.6 is 0 Å². The fourth-order valence-electron chi connectivity index (χ4n) is 5.27. The molecule has 1 aliphatic heterocycles. The minimum Gasteiger partial charge on any atom is -0.457 e. The lowest BCUT2D eigenvalue weighted by atomic mass is 9.94. The van der Waals surface area contributed by atoms with Crippen LogP contribution in [-0.4, -0.2) is 33.7 Å². The highest BCUT2D eigenvalue weighted by atomic mass is 19.1. The summed E-state index contributed by atoms with van der Waals surface area (Å²) in [4.78, 5) is 20.1. The topological polar surface area (TPSA) is 90.6 Å². The maximum Gasteiger partial charge on any atom is 0.318 e. The number of aliphatic hydroxyl groups is 1. The summed E-state index contributed by atoms with van der Waals surface area (Å²) in [7, 11) is 0. The van der Waals surface area contributed by atoms with E-state index in [0.717, 1.165) is 22.3 Å². The van der Waals surface area contributed by atoms with E-state index >= 15 is 0 Å². The fraction of sp³-hybridized carbons (Fsp3) is 0.235. The van der Waals surface area contributed by atoms with Crippen molar-refractivity contribution in [2.75, 3.05) is 6.61 Å². The van der Waals surface area contributed by atoms with E-state index in [2.05, 4.69) is 23.8 Å². The van der Waals surface area contributed by atoms with E-state index in [9.17, 15) is 14.3 Å². The molecule has 0 radical (unpaired) electrons. The number of pyridine rings is 1. The second-order valence-corrected chi connectivity index (χ2v) is 10.6. The fourth-order valence-corrected chi connectivity index (χ4v) is 5.27. The molecule has 0 unspecified atom stereocenters. The summed E-state index contributed by atoms with van der Waals surface area (Å²) in [5.41, 5.74) is 5.82. The van der Waals surface area contributed by atoms with Crippen LogP contribution < -0.4 is 10.6 Å². The number of amides is 2. The minimum absolute atomic E-state index is 0.0445. The quantitative estimate of drug-likeness (QED) is 0.194. The third kappa shape index (κ3) is 5.99. The van der Waals surface area contributed by atoms with Crippen molar-refractivity contribution in [3.05, 3.63) is 114 Å². The van der Waals surface area contributed by atoms with Crippen LogP contribution in [0.4, 0.5) is 9.18 Å². The Morgan fingerprint density at radius 2 is 1.95 bits per heavy atom. The second-order valence-electron chi connectivity index (χ2n) is 10.6. The van der Waals surface area contributed by atoms with Crippen LogP contribution in [0, 0.1) is 5.82 Å². The van der Waals surface area contributed by atoms with E-state index in [1.807, 2.05) is 56.3 Å². The molecule has 3 heterocycles. The number of aliphatic hydroxyl groups excluding tert-OH is 1. The highest BCUT2D eigenvalue weighted by Gasteiger charge is 2.37. The van der Waals surface area contributed by atoms with Gasteiger partial charge in [0.2, 0.25) is 0 Å². The van der Waals surface area contributed by atoms with Crippen molar-refractivity contribution in [2.45, 2.75) is 45.4 Å². The molecular formula is C34H35FN4O3. The van der Waals surface area contributed by atoms with Crippen molar-refractivity contribution >= 4 is 17.8 Å². The molecular weight excluding hydrogens is 531 g/mol. The summed E-state index contributed by atoms with van der Waals surface area (Å²) >= 11 is 0. The Labute approximate surface area is 245 Å². The molecule has 0 spiro atoms. The summed E-state index contributed by atoms with van der Waals surface area (Å²) in [5.74, 6) is 1.07. The molecule has 0 aliphatic carbocycles. The predicted molar refractivity (Wildman–Crippen MR) is 163 cm³/mol. The number of nitrogens with one attached hydrogen (secondary N) is 2. The van der Waals surface area contributed by atoms with Gasteiger partial charge in [0.1, 0.15) is 17.3 Å². The van der Waals surface area contributed by atoms with Crippen molar-refractivity contribution in [3.63, 3.8) is 0 Å². The third-order valence-corrected chi connectivity index (χ3v) is 7.28. The van der Waals surface area contributed by atoms with Crippen LogP contribution in [0.5, 0.6) is 0 Å². The normalized spacial score (nSPS) is 14.1. The molecule has 1 atom stereocenters. The Kier molecular flexibility index (Phi) is 8.54. The van der Waals surface area contributed by atoms with Gasteiger partial charge in [-0.25, -0.2) is 14.2 Å². The van der Waals surface area contributed by atoms with Crippen LogP contribution in [0.2, 0.25) is 0 Å². The molecule has 8 heteroatoms. The summed E-state index contributed by atoms with van der Waals surface area (Å²) < 4.78 is 20.2. The van der Waals surface area contributed by atoms with E-state index in [-0.39, 0.29) is 37.1 Å². The van der Waals surface area contributed by atoms with Crippen molar-refractivity contribution in [1.29, 1.82) is 0 Å². The highest BCUT2D eigenvalue weighted by molar-refractivity contribution is 5.80. The van der Waals surface area contributed by atoms with Gasteiger partial charge in [-0.1, -0.05) is 49.6 Å².